The van der Waals surface area contributed by atoms with E-state index in [1.807, 2.05) is 53.7 Å². The highest BCUT2D eigenvalue weighted by molar-refractivity contribution is 7.89. The van der Waals surface area contributed by atoms with Gasteiger partial charge in [-0.05, 0) is 40.4 Å². The van der Waals surface area contributed by atoms with Crippen molar-refractivity contribution < 1.29 is 17.9 Å². The topological polar surface area (TPSA) is 72.5 Å². The van der Waals surface area contributed by atoms with Gasteiger partial charge in [0.05, 0.1) is 12.0 Å². The lowest BCUT2D eigenvalue weighted by atomic mass is 9.89. The molecule has 0 amide bonds. The first-order valence-electron chi connectivity index (χ1n) is 10.1. The van der Waals surface area contributed by atoms with Gasteiger partial charge in [0.1, 0.15) is 6.04 Å². The van der Waals surface area contributed by atoms with Gasteiger partial charge in [0.15, 0.2) is 0 Å². The van der Waals surface area contributed by atoms with Gasteiger partial charge in [-0.3, -0.25) is 4.79 Å². The highest BCUT2D eigenvalue weighted by atomic mass is 32.2. The van der Waals surface area contributed by atoms with Crippen LogP contribution in [-0.4, -0.2) is 27.5 Å². The van der Waals surface area contributed by atoms with Gasteiger partial charge in [0, 0.05) is 0 Å². The third-order valence-corrected chi connectivity index (χ3v) is 6.87. The lowest BCUT2D eigenvalue weighted by Crippen LogP contribution is -2.46. The number of ether oxygens (including phenoxy) is 1. The second-order valence-corrected chi connectivity index (χ2v) is 10.2. The molecule has 0 saturated heterocycles. The van der Waals surface area contributed by atoms with E-state index in [0.29, 0.717) is 17.2 Å². The summed E-state index contributed by atoms with van der Waals surface area (Å²) in [5.74, 6) is -0.385. The number of rotatable bonds is 9. The van der Waals surface area contributed by atoms with Crippen LogP contribution in [0.2, 0.25) is 0 Å². The van der Waals surface area contributed by atoms with Crippen LogP contribution in [0, 0.1) is 5.92 Å². The Balaban J connectivity index is 3.68. The van der Waals surface area contributed by atoms with Crippen molar-refractivity contribution in [2.45, 2.75) is 90.5 Å². The van der Waals surface area contributed by atoms with Gasteiger partial charge in [-0.15, -0.1) is 0 Å². The molecular weight excluding hydrogens is 374 g/mol. The van der Waals surface area contributed by atoms with Crippen molar-refractivity contribution in [1.29, 1.82) is 0 Å². The van der Waals surface area contributed by atoms with Gasteiger partial charge in [-0.1, -0.05) is 73.9 Å². The molecule has 0 fully saturated rings. The van der Waals surface area contributed by atoms with Gasteiger partial charge < -0.3 is 4.74 Å². The fourth-order valence-corrected chi connectivity index (χ4v) is 5.18. The molecular formula is C22H37NO4S. The molecule has 1 rings (SSSR count). The number of nitrogens with one attached hydrogen (secondary N) is 1. The van der Waals surface area contributed by atoms with Crippen molar-refractivity contribution in [3.05, 3.63) is 28.8 Å². The summed E-state index contributed by atoms with van der Waals surface area (Å²) in [6.07, 6.45) is 0.655. The molecule has 0 heterocycles. The standard InChI is InChI=1S/C22H37NO4S/c1-10-16(8)20(22(24)27-9)23-28(25,26)21-18(14(4)5)11-17(13(2)3)12-19(21)15(6)7/h11-16,20,23H,10H2,1-9H3/t16-,20-/m1/s1. The minimum absolute atomic E-state index is 0.0305. The highest BCUT2D eigenvalue weighted by Gasteiger charge is 2.34. The number of methoxy groups -OCH3 is 1. The number of hydrogen-bond donors (Lipinski definition) is 1. The summed E-state index contributed by atoms with van der Waals surface area (Å²) >= 11 is 0. The van der Waals surface area contributed by atoms with Crippen molar-refractivity contribution in [1.82, 2.24) is 4.72 Å². The molecule has 1 aromatic rings. The van der Waals surface area contributed by atoms with Crippen LogP contribution in [0.1, 0.15) is 96.3 Å². The number of carbonyl (C=O) groups is 1. The summed E-state index contributed by atoms with van der Waals surface area (Å²) < 4.78 is 34.5. The quantitative estimate of drug-likeness (QED) is 0.585. The van der Waals surface area contributed by atoms with Crippen LogP contribution in [-0.2, 0) is 19.6 Å². The van der Waals surface area contributed by atoms with Crippen molar-refractivity contribution in [3.63, 3.8) is 0 Å². The first-order valence-corrected chi connectivity index (χ1v) is 11.6. The molecule has 6 heteroatoms. The second-order valence-electron chi connectivity index (χ2n) is 8.50. The molecule has 28 heavy (non-hydrogen) atoms. The number of sulfonamides is 1. The van der Waals surface area contributed by atoms with Crippen LogP contribution in [0.15, 0.2) is 17.0 Å². The molecule has 0 radical (unpaired) electrons. The summed E-state index contributed by atoms with van der Waals surface area (Å²) in [5.41, 5.74) is 2.70. The summed E-state index contributed by atoms with van der Waals surface area (Å²) in [6.45, 7) is 16.0. The highest BCUT2D eigenvalue weighted by Crippen LogP contribution is 2.35. The number of benzene rings is 1. The lowest BCUT2D eigenvalue weighted by molar-refractivity contribution is -0.143. The van der Waals surface area contributed by atoms with E-state index >= 15 is 0 Å². The van der Waals surface area contributed by atoms with Crippen LogP contribution >= 0.6 is 0 Å². The van der Waals surface area contributed by atoms with Crippen molar-refractivity contribution in [2.75, 3.05) is 7.11 Å². The average Bonchev–Trinajstić information content (AvgIpc) is 2.63. The van der Waals surface area contributed by atoms with E-state index in [9.17, 15) is 13.2 Å². The number of esters is 1. The Morgan fingerprint density at radius 3 is 1.75 bits per heavy atom. The molecule has 0 aromatic heterocycles. The molecule has 2 atom stereocenters. The molecule has 1 aromatic carbocycles. The third kappa shape index (κ3) is 5.57. The summed E-state index contributed by atoms with van der Waals surface area (Å²) in [5, 5.41) is 0. The first kappa shape index (κ1) is 24.6. The zero-order valence-electron chi connectivity index (χ0n) is 18.8. The Bertz CT molecular complexity index is 753. The normalized spacial score (nSPS) is 14.6. The molecule has 0 aliphatic carbocycles. The molecule has 5 nitrogen and oxygen atoms in total. The van der Waals surface area contributed by atoms with Crippen molar-refractivity contribution in [3.8, 4) is 0 Å². The Labute approximate surface area is 171 Å². The van der Waals surface area contributed by atoms with Crippen molar-refractivity contribution in [2.24, 2.45) is 5.92 Å². The van der Waals surface area contributed by atoms with Crippen molar-refractivity contribution >= 4 is 16.0 Å². The van der Waals surface area contributed by atoms with Gasteiger partial charge in [0.25, 0.3) is 0 Å². The fraction of sp³-hybridized carbons (Fsp3) is 0.682. The molecule has 160 valence electrons. The van der Waals surface area contributed by atoms with Crippen LogP contribution < -0.4 is 4.72 Å². The van der Waals surface area contributed by atoms with Crippen LogP contribution in [0.5, 0.6) is 0 Å². The summed E-state index contributed by atoms with van der Waals surface area (Å²) in [6, 6.07) is 3.07. The maximum Gasteiger partial charge on any atom is 0.324 e. The number of carbonyl (C=O) groups excluding carboxylic acids is 1. The smallest absolute Gasteiger partial charge is 0.324 e. The predicted molar refractivity (Wildman–Crippen MR) is 114 cm³/mol. The molecule has 0 aliphatic rings. The average molecular weight is 412 g/mol. The Hall–Kier alpha value is -1.40. The van der Waals surface area contributed by atoms with Crippen LogP contribution in [0.25, 0.3) is 0 Å². The van der Waals surface area contributed by atoms with E-state index in [1.54, 1.807) is 0 Å². The Kier molecular flexibility index (Phi) is 8.69. The first-order chi connectivity index (χ1) is 12.9. The van der Waals surface area contributed by atoms with Gasteiger partial charge >= 0.3 is 5.97 Å². The SMILES string of the molecule is CC[C@@H](C)[C@@H](NS(=O)(=O)c1c(C(C)C)cc(C(C)C)cc1C(C)C)C(=O)OC. The van der Waals surface area contributed by atoms with E-state index in [4.69, 9.17) is 4.74 Å². The third-order valence-electron chi connectivity index (χ3n) is 5.30. The van der Waals surface area contributed by atoms with Gasteiger partial charge in [-0.25, -0.2) is 8.42 Å². The van der Waals surface area contributed by atoms with Gasteiger partial charge in [-0.2, -0.15) is 4.72 Å². The molecule has 0 saturated carbocycles. The van der Waals surface area contributed by atoms with E-state index in [-0.39, 0.29) is 17.8 Å². The maximum atomic E-state index is 13.5. The molecule has 0 unspecified atom stereocenters. The predicted octanol–water partition coefficient (Wildman–Crippen LogP) is 4.92. The zero-order chi connectivity index (χ0) is 21.8. The zero-order valence-corrected chi connectivity index (χ0v) is 19.6. The molecule has 0 spiro atoms. The summed E-state index contributed by atoms with van der Waals surface area (Å²) in [4.78, 5) is 12.6. The van der Waals surface area contributed by atoms with E-state index in [2.05, 4.69) is 18.6 Å². The van der Waals surface area contributed by atoms with Gasteiger partial charge in [0.2, 0.25) is 10.0 Å². The molecule has 1 N–H and O–H groups in total. The minimum Gasteiger partial charge on any atom is -0.468 e. The number of hydrogen-bond acceptors (Lipinski definition) is 4. The van der Waals surface area contributed by atoms with Crippen LogP contribution in [0.3, 0.4) is 0 Å². The molecule has 0 bridgehead atoms. The van der Waals surface area contributed by atoms with E-state index in [1.165, 1.54) is 7.11 Å². The van der Waals surface area contributed by atoms with E-state index < -0.39 is 22.0 Å². The summed E-state index contributed by atoms with van der Waals surface area (Å²) in [7, 11) is -2.63. The Morgan fingerprint density at radius 1 is 0.964 bits per heavy atom. The largest absolute Gasteiger partial charge is 0.468 e. The van der Waals surface area contributed by atoms with Crippen LogP contribution in [0.4, 0.5) is 0 Å². The Morgan fingerprint density at radius 2 is 1.43 bits per heavy atom. The minimum atomic E-state index is -3.91. The van der Waals surface area contributed by atoms with E-state index in [0.717, 1.165) is 16.7 Å². The lowest BCUT2D eigenvalue weighted by Gasteiger charge is -2.26. The monoisotopic (exact) mass is 411 g/mol. The second kappa shape index (κ2) is 9.88. The molecule has 0 aliphatic heterocycles. The fourth-order valence-electron chi connectivity index (χ4n) is 3.19. The maximum absolute atomic E-state index is 13.5.